The molecule has 6 nitrogen and oxygen atoms in total. The summed E-state index contributed by atoms with van der Waals surface area (Å²) in [5.74, 6) is -0.280. The van der Waals surface area contributed by atoms with Gasteiger partial charge in [-0.15, -0.1) is 0 Å². The predicted molar refractivity (Wildman–Crippen MR) is 56.0 cm³/mol. The Labute approximate surface area is 90.3 Å². The zero-order chi connectivity index (χ0) is 11.3. The van der Waals surface area contributed by atoms with Crippen LogP contribution in [0.4, 0.5) is 0 Å². The van der Waals surface area contributed by atoms with Crippen LogP contribution in [0.5, 0.6) is 0 Å². The highest BCUT2D eigenvalue weighted by Crippen LogP contribution is 2.00. The fraction of sp³-hybridized carbons (Fsp3) is 0.778. The zero-order valence-corrected chi connectivity index (χ0v) is 8.90. The molecule has 0 atom stereocenters. The maximum Gasteiger partial charge on any atom is 0.248 e. The molecule has 6 heteroatoms. The third-order valence-corrected chi connectivity index (χ3v) is 2.41. The Balaban J connectivity index is 0.00000225. The molecule has 1 rings (SSSR count). The highest BCUT2D eigenvalue weighted by Gasteiger charge is 2.19. The van der Waals surface area contributed by atoms with Crippen molar-refractivity contribution >= 4 is 11.8 Å². The number of aliphatic hydroxyl groups excluding tert-OH is 1. The molecule has 0 aromatic rings. The van der Waals surface area contributed by atoms with Gasteiger partial charge in [0.15, 0.2) is 0 Å². The first-order chi connectivity index (χ1) is 7.13. The minimum absolute atomic E-state index is 0. The second kappa shape index (κ2) is 5.67. The minimum Gasteiger partial charge on any atom is -0.387 e. The molecule has 0 aromatic heterocycles. The number of hydrogen-bond acceptors (Lipinski definition) is 4. The summed E-state index contributed by atoms with van der Waals surface area (Å²) in [6, 6.07) is 0. The molecule has 1 fully saturated rings. The van der Waals surface area contributed by atoms with Crippen molar-refractivity contribution in [3.05, 3.63) is 0 Å². The molecular weight excluding hydrogens is 198 g/mol. The number of carbonyl (C=O) groups is 2. The van der Waals surface area contributed by atoms with Crippen LogP contribution < -0.4 is 5.32 Å². The summed E-state index contributed by atoms with van der Waals surface area (Å²) in [6.45, 7) is 4.25. The van der Waals surface area contributed by atoms with Gasteiger partial charge >= 0.3 is 0 Å². The largest absolute Gasteiger partial charge is 0.387 e. The predicted octanol–water partition coefficient (Wildman–Crippen LogP) is -1.54. The minimum atomic E-state index is -0.425. The normalized spacial score (nSPS) is 17.6. The van der Waals surface area contributed by atoms with Crippen LogP contribution in [-0.2, 0) is 9.59 Å². The van der Waals surface area contributed by atoms with Crippen LogP contribution in [0.2, 0.25) is 0 Å². The summed E-state index contributed by atoms with van der Waals surface area (Å²) in [6.07, 6.45) is 0. The van der Waals surface area contributed by atoms with Gasteiger partial charge in [0.1, 0.15) is 6.61 Å². The van der Waals surface area contributed by atoms with Gasteiger partial charge in [-0.05, 0) is 0 Å². The lowest BCUT2D eigenvalue weighted by Gasteiger charge is -2.34. The first-order valence-electron chi connectivity index (χ1n) is 4.99. The molecule has 88 valence electrons. The smallest absolute Gasteiger partial charge is 0.248 e. The van der Waals surface area contributed by atoms with Crippen LogP contribution in [0.1, 0.15) is 8.35 Å². The van der Waals surface area contributed by atoms with Gasteiger partial charge in [0, 0.05) is 34.5 Å². The van der Waals surface area contributed by atoms with Gasteiger partial charge in [0.2, 0.25) is 11.8 Å². The van der Waals surface area contributed by atoms with E-state index in [1.165, 1.54) is 6.92 Å². The maximum absolute atomic E-state index is 11.1. The number of carbonyl (C=O) groups excluding carboxylic acids is 2. The lowest BCUT2D eigenvalue weighted by molar-refractivity contribution is -0.136. The van der Waals surface area contributed by atoms with E-state index in [4.69, 9.17) is 5.11 Å². The number of nitrogens with zero attached hydrogens (tertiary/aromatic N) is 2. The monoisotopic (exact) mass is 217 g/mol. The molecule has 1 heterocycles. The summed E-state index contributed by atoms with van der Waals surface area (Å²) >= 11 is 0. The van der Waals surface area contributed by atoms with Crippen molar-refractivity contribution in [1.82, 2.24) is 15.1 Å². The van der Waals surface area contributed by atoms with Crippen LogP contribution in [0.25, 0.3) is 0 Å². The molecule has 0 aliphatic carbocycles. The van der Waals surface area contributed by atoms with E-state index >= 15 is 0 Å². The van der Waals surface area contributed by atoms with Gasteiger partial charge in [-0.25, -0.2) is 0 Å². The Morgan fingerprint density at radius 1 is 1.33 bits per heavy atom. The number of hydrogen-bond donors (Lipinski definition) is 2. The van der Waals surface area contributed by atoms with Gasteiger partial charge in [0.05, 0.1) is 6.67 Å². The van der Waals surface area contributed by atoms with Crippen molar-refractivity contribution in [3.63, 3.8) is 0 Å². The van der Waals surface area contributed by atoms with Crippen molar-refractivity contribution in [1.29, 1.82) is 0 Å². The molecule has 15 heavy (non-hydrogen) atoms. The second-order valence-electron chi connectivity index (χ2n) is 3.55. The third-order valence-electron chi connectivity index (χ3n) is 2.41. The van der Waals surface area contributed by atoms with E-state index in [2.05, 4.69) is 10.2 Å². The third kappa shape index (κ3) is 3.85. The van der Waals surface area contributed by atoms with Crippen LogP contribution in [0, 0.1) is 0 Å². The van der Waals surface area contributed by atoms with E-state index in [0.717, 1.165) is 13.1 Å². The van der Waals surface area contributed by atoms with Gasteiger partial charge in [-0.3, -0.25) is 14.5 Å². The van der Waals surface area contributed by atoms with E-state index in [0.29, 0.717) is 19.8 Å². The first kappa shape index (κ1) is 11.9. The number of amides is 2. The van der Waals surface area contributed by atoms with E-state index in [1.54, 1.807) is 4.90 Å². The first-order valence-corrected chi connectivity index (χ1v) is 4.99. The highest BCUT2D eigenvalue weighted by molar-refractivity contribution is 5.77. The molecule has 0 spiro atoms. The summed E-state index contributed by atoms with van der Waals surface area (Å²) in [4.78, 5) is 25.5. The van der Waals surface area contributed by atoms with E-state index < -0.39 is 6.61 Å². The summed E-state index contributed by atoms with van der Waals surface area (Å²) in [7, 11) is 0. The quantitative estimate of drug-likeness (QED) is 0.601. The summed E-state index contributed by atoms with van der Waals surface area (Å²) in [5.41, 5.74) is 0. The van der Waals surface area contributed by atoms with E-state index in [-0.39, 0.29) is 13.2 Å². The van der Waals surface area contributed by atoms with Gasteiger partial charge in [-0.2, -0.15) is 0 Å². The Hall–Kier alpha value is -1.14. The van der Waals surface area contributed by atoms with Crippen LogP contribution in [0.3, 0.4) is 0 Å². The molecule has 2 amide bonds. The van der Waals surface area contributed by atoms with Crippen molar-refractivity contribution < 1.29 is 16.1 Å². The van der Waals surface area contributed by atoms with Crippen molar-refractivity contribution in [3.8, 4) is 0 Å². The van der Waals surface area contributed by atoms with Crippen LogP contribution >= 0.6 is 0 Å². The number of aliphatic hydroxyl groups is 1. The lowest BCUT2D eigenvalue weighted by Crippen LogP contribution is -2.51. The molecule has 0 aromatic carbocycles. The average molecular weight is 217 g/mol. The van der Waals surface area contributed by atoms with Gasteiger partial charge in [-0.1, -0.05) is 0 Å². The maximum atomic E-state index is 11.1. The Morgan fingerprint density at radius 2 is 1.93 bits per heavy atom. The van der Waals surface area contributed by atoms with Crippen molar-refractivity contribution in [2.45, 2.75) is 6.92 Å². The molecule has 0 saturated carbocycles. The van der Waals surface area contributed by atoms with Crippen LogP contribution in [-0.4, -0.2) is 66.2 Å². The molecule has 0 bridgehead atoms. The number of piperazine rings is 1. The SMILES string of the molecule is CC(=O)NCN1CCN(C(=O)CO)CC1.[HH]. The topological polar surface area (TPSA) is 72.9 Å². The standard InChI is InChI=1S/C9H17N3O3.H2/c1-8(14)10-7-11-2-4-12(5-3-11)9(15)6-13;/h13H,2-7H2,1H3,(H,10,14);1H. The van der Waals surface area contributed by atoms with Crippen molar-refractivity contribution in [2.75, 3.05) is 39.5 Å². The van der Waals surface area contributed by atoms with Gasteiger partial charge in [0.25, 0.3) is 0 Å². The molecule has 1 aliphatic rings. The zero-order valence-electron chi connectivity index (χ0n) is 8.90. The van der Waals surface area contributed by atoms with E-state index in [1.807, 2.05) is 0 Å². The summed E-state index contributed by atoms with van der Waals surface area (Å²) in [5, 5.41) is 11.4. The molecule has 1 saturated heterocycles. The van der Waals surface area contributed by atoms with E-state index in [9.17, 15) is 9.59 Å². The Bertz CT molecular complexity index is 242. The molecule has 2 N–H and O–H groups in total. The van der Waals surface area contributed by atoms with Crippen LogP contribution in [0.15, 0.2) is 0 Å². The molecule has 0 radical (unpaired) electrons. The second-order valence-corrected chi connectivity index (χ2v) is 3.55. The summed E-state index contributed by atoms with van der Waals surface area (Å²) < 4.78 is 0. The van der Waals surface area contributed by atoms with Gasteiger partial charge < -0.3 is 15.3 Å². The lowest BCUT2D eigenvalue weighted by atomic mass is 10.3. The molecular formula is C9H19N3O3. The molecule has 0 unspecified atom stereocenters. The fourth-order valence-electron chi connectivity index (χ4n) is 1.48. The molecule has 1 aliphatic heterocycles. The average Bonchev–Trinajstić information content (AvgIpc) is 2.26. The number of nitrogens with one attached hydrogen (secondary N) is 1. The fourth-order valence-corrected chi connectivity index (χ4v) is 1.48. The Kier molecular flexibility index (Phi) is 4.51. The number of rotatable bonds is 3. The van der Waals surface area contributed by atoms with Crippen molar-refractivity contribution in [2.24, 2.45) is 0 Å². The Morgan fingerprint density at radius 3 is 2.40 bits per heavy atom. The highest BCUT2D eigenvalue weighted by atomic mass is 16.3.